The van der Waals surface area contributed by atoms with Crippen molar-refractivity contribution in [1.82, 2.24) is 4.90 Å². The second-order valence-electron chi connectivity index (χ2n) is 7.35. The molecule has 5 nitrogen and oxygen atoms in total. The normalized spacial score (nSPS) is 22.7. The van der Waals surface area contributed by atoms with Gasteiger partial charge in [-0.25, -0.2) is 13.6 Å². The number of fused-ring (bicyclic) bond motifs is 1. The van der Waals surface area contributed by atoms with Gasteiger partial charge in [0.1, 0.15) is 11.9 Å². The predicted molar refractivity (Wildman–Crippen MR) is 106 cm³/mol. The summed E-state index contributed by atoms with van der Waals surface area (Å²) in [6, 6.07) is 12.7. The van der Waals surface area contributed by atoms with E-state index in [1.165, 1.54) is 36.1 Å². The summed E-state index contributed by atoms with van der Waals surface area (Å²) in [5.41, 5.74) is 2.50. The fourth-order valence-electron chi connectivity index (χ4n) is 4.15. The Balaban J connectivity index is 1.61. The summed E-state index contributed by atoms with van der Waals surface area (Å²) in [6.45, 7) is 3.28. The average molecular weight is 407 g/mol. The third-order valence-corrected chi connectivity index (χ3v) is 6.66. The Bertz CT molecular complexity index is 942. The molecule has 0 bridgehead atoms. The highest BCUT2D eigenvalue weighted by molar-refractivity contribution is 7.89. The zero-order chi connectivity index (χ0) is 19.0. The van der Waals surface area contributed by atoms with Crippen molar-refractivity contribution in [3.05, 3.63) is 58.6 Å². The van der Waals surface area contributed by atoms with Crippen molar-refractivity contribution in [2.45, 2.75) is 30.3 Å². The summed E-state index contributed by atoms with van der Waals surface area (Å²) in [4.78, 5) is 2.48. The molecule has 4 rings (SSSR count). The molecule has 2 aliphatic rings. The summed E-state index contributed by atoms with van der Waals surface area (Å²) < 4.78 is 29.4. The van der Waals surface area contributed by atoms with E-state index in [1.807, 2.05) is 6.07 Å². The monoisotopic (exact) mass is 406 g/mol. The molecule has 0 radical (unpaired) electrons. The minimum absolute atomic E-state index is 0.0136. The maximum Gasteiger partial charge on any atom is 0.238 e. The molecule has 7 heteroatoms. The largest absolute Gasteiger partial charge is 0.484 e. The van der Waals surface area contributed by atoms with Gasteiger partial charge >= 0.3 is 0 Å². The van der Waals surface area contributed by atoms with Gasteiger partial charge in [-0.2, -0.15) is 0 Å². The molecule has 2 N–H and O–H groups in total. The van der Waals surface area contributed by atoms with Gasteiger partial charge in [0.05, 0.1) is 9.92 Å². The van der Waals surface area contributed by atoms with Gasteiger partial charge in [0.15, 0.2) is 0 Å². The minimum Gasteiger partial charge on any atom is -0.484 e. The smallest absolute Gasteiger partial charge is 0.238 e. The van der Waals surface area contributed by atoms with Crippen LogP contribution in [0.3, 0.4) is 0 Å². The fraction of sp³-hybridized carbons (Fsp3) is 0.400. The number of nitrogens with zero attached hydrogens (tertiary/aromatic N) is 1. The van der Waals surface area contributed by atoms with E-state index in [4.69, 9.17) is 21.5 Å². The Morgan fingerprint density at radius 2 is 1.89 bits per heavy atom. The highest BCUT2D eigenvalue weighted by Crippen LogP contribution is 2.42. The first-order valence-corrected chi connectivity index (χ1v) is 11.1. The van der Waals surface area contributed by atoms with E-state index < -0.39 is 10.0 Å². The molecular formula is C20H23ClN2O3S. The lowest BCUT2D eigenvalue weighted by atomic mass is 10.0. The molecule has 1 saturated heterocycles. The van der Waals surface area contributed by atoms with E-state index in [0.717, 1.165) is 26.1 Å². The topological polar surface area (TPSA) is 72.6 Å². The predicted octanol–water partition coefficient (Wildman–Crippen LogP) is 3.38. The first kappa shape index (κ1) is 18.7. The molecule has 2 aromatic carbocycles. The van der Waals surface area contributed by atoms with Crippen molar-refractivity contribution in [3.63, 3.8) is 0 Å². The van der Waals surface area contributed by atoms with Crippen molar-refractivity contribution in [2.24, 2.45) is 11.1 Å². The zero-order valence-electron chi connectivity index (χ0n) is 15.0. The first-order chi connectivity index (χ1) is 12.9. The van der Waals surface area contributed by atoms with Crippen molar-refractivity contribution < 1.29 is 13.2 Å². The summed E-state index contributed by atoms with van der Waals surface area (Å²) >= 11 is 6.30. The Morgan fingerprint density at radius 3 is 2.59 bits per heavy atom. The third kappa shape index (κ3) is 3.99. The van der Waals surface area contributed by atoms with E-state index in [0.29, 0.717) is 11.7 Å². The molecule has 1 fully saturated rings. The zero-order valence-corrected chi connectivity index (χ0v) is 16.5. The Hall–Kier alpha value is -1.60. The Labute approximate surface area is 165 Å². The third-order valence-electron chi connectivity index (χ3n) is 5.45. The van der Waals surface area contributed by atoms with Crippen molar-refractivity contribution in [2.75, 3.05) is 19.6 Å². The lowest BCUT2D eigenvalue weighted by Gasteiger charge is -2.26. The van der Waals surface area contributed by atoms with Crippen LogP contribution < -0.4 is 9.88 Å². The van der Waals surface area contributed by atoms with E-state index in [2.05, 4.69) is 23.1 Å². The summed E-state index contributed by atoms with van der Waals surface area (Å²) in [5, 5.41) is 5.44. The molecule has 0 saturated carbocycles. The molecule has 1 heterocycles. The second kappa shape index (κ2) is 7.43. The standard InChI is InChI=1S/C20H23ClN2O3S/c21-18-12-16(27(22,24)25)7-8-19(18)26-20-15(13-23-9-3-4-10-23)11-14-5-1-2-6-17(14)20/h1-2,5-8,12,15,20H,3-4,9-11,13H2,(H2,22,24,25)/t15-,20-/m1/s1. The van der Waals surface area contributed by atoms with E-state index in [9.17, 15) is 8.42 Å². The number of nitrogens with two attached hydrogens (primary N) is 1. The number of hydrogen-bond donors (Lipinski definition) is 1. The fourth-order valence-corrected chi connectivity index (χ4v) is 4.98. The lowest BCUT2D eigenvalue weighted by Crippen LogP contribution is -2.30. The van der Waals surface area contributed by atoms with Gasteiger partial charge in [-0.15, -0.1) is 0 Å². The molecule has 27 heavy (non-hydrogen) atoms. The number of likely N-dealkylation sites (tertiary alicyclic amines) is 1. The van der Waals surface area contributed by atoms with Gasteiger partial charge in [-0.3, -0.25) is 0 Å². The molecule has 144 valence electrons. The summed E-state index contributed by atoms with van der Waals surface area (Å²) in [6.07, 6.45) is 3.39. The molecule has 2 atom stereocenters. The van der Waals surface area contributed by atoms with Crippen LogP contribution in [-0.4, -0.2) is 33.0 Å². The van der Waals surface area contributed by atoms with Gasteiger partial charge in [0.2, 0.25) is 10.0 Å². The van der Waals surface area contributed by atoms with Gasteiger partial charge in [-0.05, 0) is 61.7 Å². The van der Waals surface area contributed by atoms with Crippen molar-refractivity contribution in [1.29, 1.82) is 0 Å². The number of hydrogen-bond acceptors (Lipinski definition) is 4. The number of rotatable bonds is 5. The van der Waals surface area contributed by atoms with Crippen LogP contribution in [0.2, 0.25) is 5.02 Å². The number of primary sulfonamides is 1. The number of sulfonamides is 1. The lowest BCUT2D eigenvalue weighted by molar-refractivity contribution is 0.121. The van der Waals surface area contributed by atoms with Crippen LogP contribution in [0.4, 0.5) is 0 Å². The number of benzene rings is 2. The van der Waals surface area contributed by atoms with Gasteiger partial charge in [0.25, 0.3) is 0 Å². The second-order valence-corrected chi connectivity index (χ2v) is 9.32. The highest BCUT2D eigenvalue weighted by atomic mass is 35.5. The molecular weight excluding hydrogens is 384 g/mol. The maximum absolute atomic E-state index is 11.5. The molecule has 0 spiro atoms. The van der Waals surface area contributed by atoms with Crippen LogP contribution in [0, 0.1) is 5.92 Å². The maximum atomic E-state index is 11.5. The Morgan fingerprint density at radius 1 is 1.15 bits per heavy atom. The van der Waals surface area contributed by atoms with E-state index in [1.54, 1.807) is 6.07 Å². The minimum atomic E-state index is -3.79. The SMILES string of the molecule is NS(=O)(=O)c1ccc(O[C@H]2c3ccccc3C[C@@H]2CN2CCCC2)c(Cl)c1. The molecule has 0 unspecified atom stereocenters. The van der Waals surface area contributed by atoms with Gasteiger partial charge in [-0.1, -0.05) is 35.9 Å². The molecule has 0 amide bonds. The number of ether oxygens (including phenoxy) is 1. The summed E-state index contributed by atoms with van der Waals surface area (Å²) in [5.74, 6) is 0.826. The van der Waals surface area contributed by atoms with Crippen molar-refractivity contribution in [3.8, 4) is 5.75 Å². The van der Waals surface area contributed by atoms with Crippen LogP contribution in [0.1, 0.15) is 30.1 Å². The number of halogens is 1. The van der Waals surface area contributed by atoms with Crippen LogP contribution in [0.5, 0.6) is 5.75 Å². The average Bonchev–Trinajstić information content (AvgIpc) is 3.24. The van der Waals surface area contributed by atoms with Crippen LogP contribution in [0.15, 0.2) is 47.4 Å². The molecule has 1 aliphatic heterocycles. The first-order valence-electron chi connectivity index (χ1n) is 9.21. The van der Waals surface area contributed by atoms with Gasteiger partial charge in [0, 0.05) is 12.5 Å². The highest BCUT2D eigenvalue weighted by Gasteiger charge is 2.36. The molecule has 1 aliphatic carbocycles. The summed E-state index contributed by atoms with van der Waals surface area (Å²) in [7, 11) is -3.79. The molecule has 0 aromatic heterocycles. The molecule has 2 aromatic rings. The van der Waals surface area contributed by atoms with E-state index >= 15 is 0 Å². The Kier molecular flexibility index (Phi) is 5.16. The quantitative estimate of drug-likeness (QED) is 0.826. The van der Waals surface area contributed by atoms with E-state index in [-0.39, 0.29) is 16.0 Å². The van der Waals surface area contributed by atoms with Crippen molar-refractivity contribution >= 4 is 21.6 Å². The van der Waals surface area contributed by atoms with Crippen LogP contribution >= 0.6 is 11.6 Å². The van der Waals surface area contributed by atoms with Crippen LogP contribution in [-0.2, 0) is 16.4 Å². The van der Waals surface area contributed by atoms with Gasteiger partial charge < -0.3 is 9.64 Å². The van der Waals surface area contributed by atoms with Crippen LogP contribution in [0.25, 0.3) is 0 Å².